The summed E-state index contributed by atoms with van der Waals surface area (Å²) in [5, 5.41) is 0. The van der Waals surface area contributed by atoms with Gasteiger partial charge in [-0.2, -0.15) is 0 Å². The fourth-order valence-corrected chi connectivity index (χ4v) is 2.60. The highest BCUT2D eigenvalue weighted by molar-refractivity contribution is 5.91. The molecule has 1 aliphatic rings. The molecule has 1 aliphatic heterocycles. The van der Waals surface area contributed by atoms with Crippen LogP contribution in [0.15, 0.2) is 36.4 Å². The molecular formula is C16H13F2NO2. The Morgan fingerprint density at radius 2 is 1.86 bits per heavy atom. The number of methoxy groups -OCH3 is 1. The largest absolute Gasteiger partial charge is 0.465 e. The number of carbonyl (C=O) groups excluding carboxylic acids is 1. The molecule has 108 valence electrons. The molecule has 3 rings (SSSR count). The molecule has 0 N–H and O–H groups in total. The summed E-state index contributed by atoms with van der Waals surface area (Å²) >= 11 is 0. The molecule has 5 heteroatoms. The SMILES string of the molecule is COC(=O)c1ccc2c(c1F)CCN2c1ccc(F)cc1. The van der Waals surface area contributed by atoms with E-state index in [4.69, 9.17) is 0 Å². The Labute approximate surface area is 120 Å². The first kappa shape index (κ1) is 13.5. The van der Waals surface area contributed by atoms with Crippen LogP contribution in [0.2, 0.25) is 0 Å². The Hall–Kier alpha value is -2.43. The fraction of sp³-hybridized carbons (Fsp3) is 0.188. The number of esters is 1. The first-order valence-corrected chi connectivity index (χ1v) is 6.54. The molecular weight excluding hydrogens is 276 g/mol. The number of halogens is 2. The Bertz CT molecular complexity index is 698. The van der Waals surface area contributed by atoms with E-state index in [1.807, 2.05) is 4.90 Å². The molecule has 2 aromatic carbocycles. The van der Waals surface area contributed by atoms with Crippen LogP contribution in [0.1, 0.15) is 15.9 Å². The lowest BCUT2D eigenvalue weighted by molar-refractivity contribution is 0.0595. The summed E-state index contributed by atoms with van der Waals surface area (Å²) in [6.07, 6.45) is 0.489. The van der Waals surface area contributed by atoms with Crippen molar-refractivity contribution in [2.75, 3.05) is 18.6 Å². The third-order valence-corrected chi connectivity index (χ3v) is 3.64. The van der Waals surface area contributed by atoms with Crippen LogP contribution in [0.3, 0.4) is 0 Å². The van der Waals surface area contributed by atoms with Crippen LogP contribution in [0.5, 0.6) is 0 Å². The molecule has 0 saturated heterocycles. The number of hydrogen-bond acceptors (Lipinski definition) is 3. The zero-order chi connectivity index (χ0) is 15.0. The van der Waals surface area contributed by atoms with Crippen LogP contribution in [-0.4, -0.2) is 19.6 Å². The minimum absolute atomic E-state index is 0.0581. The van der Waals surface area contributed by atoms with Crippen molar-refractivity contribution in [3.05, 3.63) is 59.2 Å². The number of carbonyl (C=O) groups is 1. The van der Waals surface area contributed by atoms with Gasteiger partial charge < -0.3 is 9.64 Å². The van der Waals surface area contributed by atoms with Gasteiger partial charge in [0.1, 0.15) is 11.6 Å². The lowest BCUT2D eigenvalue weighted by Gasteiger charge is -2.19. The van der Waals surface area contributed by atoms with E-state index < -0.39 is 11.8 Å². The van der Waals surface area contributed by atoms with Gasteiger partial charge in [0.2, 0.25) is 0 Å². The fourth-order valence-electron chi connectivity index (χ4n) is 2.60. The summed E-state index contributed by atoms with van der Waals surface area (Å²) in [5.41, 5.74) is 1.92. The molecule has 3 nitrogen and oxygen atoms in total. The summed E-state index contributed by atoms with van der Waals surface area (Å²) < 4.78 is 31.9. The summed E-state index contributed by atoms with van der Waals surface area (Å²) in [5.74, 6) is -1.54. The van der Waals surface area contributed by atoms with Gasteiger partial charge in [-0.05, 0) is 42.8 Å². The van der Waals surface area contributed by atoms with Crippen LogP contribution < -0.4 is 4.90 Å². The van der Waals surface area contributed by atoms with E-state index in [0.29, 0.717) is 24.2 Å². The summed E-state index contributed by atoms with van der Waals surface area (Å²) in [6.45, 7) is 0.586. The van der Waals surface area contributed by atoms with Gasteiger partial charge in [0.15, 0.2) is 0 Å². The first-order chi connectivity index (χ1) is 10.1. The smallest absolute Gasteiger partial charge is 0.340 e. The van der Waals surface area contributed by atoms with Gasteiger partial charge in [0, 0.05) is 23.5 Å². The quantitative estimate of drug-likeness (QED) is 0.793. The van der Waals surface area contributed by atoms with Crippen molar-refractivity contribution in [1.82, 2.24) is 0 Å². The van der Waals surface area contributed by atoms with Crippen molar-refractivity contribution in [1.29, 1.82) is 0 Å². The summed E-state index contributed by atoms with van der Waals surface area (Å²) in [7, 11) is 1.22. The zero-order valence-electron chi connectivity index (χ0n) is 11.4. The summed E-state index contributed by atoms with van der Waals surface area (Å²) in [6, 6.07) is 9.15. The molecule has 0 bridgehead atoms. The van der Waals surface area contributed by atoms with E-state index in [2.05, 4.69) is 4.74 Å². The second-order valence-corrected chi connectivity index (χ2v) is 4.79. The zero-order valence-corrected chi connectivity index (χ0v) is 11.4. The van der Waals surface area contributed by atoms with Gasteiger partial charge in [-0.15, -0.1) is 0 Å². The lowest BCUT2D eigenvalue weighted by atomic mass is 10.1. The van der Waals surface area contributed by atoms with Crippen molar-refractivity contribution >= 4 is 17.3 Å². The van der Waals surface area contributed by atoms with Crippen LogP contribution >= 0.6 is 0 Å². The number of nitrogens with zero attached hydrogens (tertiary/aromatic N) is 1. The number of fused-ring (bicyclic) bond motifs is 1. The van der Waals surface area contributed by atoms with Gasteiger partial charge >= 0.3 is 5.97 Å². The van der Waals surface area contributed by atoms with E-state index in [1.54, 1.807) is 18.2 Å². The Balaban J connectivity index is 2.02. The normalized spacial score (nSPS) is 13.2. The van der Waals surface area contributed by atoms with E-state index in [9.17, 15) is 13.6 Å². The van der Waals surface area contributed by atoms with Crippen LogP contribution in [0.4, 0.5) is 20.2 Å². The molecule has 0 atom stereocenters. The topological polar surface area (TPSA) is 29.5 Å². The van der Waals surface area contributed by atoms with Gasteiger partial charge in [0.05, 0.1) is 12.7 Å². The highest BCUT2D eigenvalue weighted by Gasteiger charge is 2.27. The van der Waals surface area contributed by atoms with Crippen molar-refractivity contribution in [3.63, 3.8) is 0 Å². The second-order valence-electron chi connectivity index (χ2n) is 4.79. The van der Waals surface area contributed by atoms with Gasteiger partial charge in [-0.3, -0.25) is 0 Å². The van der Waals surface area contributed by atoms with Crippen molar-refractivity contribution in [2.45, 2.75) is 6.42 Å². The molecule has 0 radical (unpaired) electrons. The molecule has 0 unspecified atom stereocenters. The lowest BCUT2D eigenvalue weighted by Crippen LogP contribution is -2.13. The van der Waals surface area contributed by atoms with Gasteiger partial charge in [-0.1, -0.05) is 0 Å². The maximum absolute atomic E-state index is 14.4. The molecule has 0 spiro atoms. The number of ether oxygens (including phenoxy) is 1. The molecule has 0 amide bonds. The molecule has 0 aliphatic carbocycles. The Morgan fingerprint density at radius 1 is 1.14 bits per heavy atom. The molecule has 0 fully saturated rings. The highest BCUT2D eigenvalue weighted by atomic mass is 19.1. The molecule has 0 saturated carbocycles. The predicted octanol–water partition coefficient (Wildman–Crippen LogP) is 3.45. The van der Waals surface area contributed by atoms with Gasteiger partial charge in [0.25, 0.3) is 0 Å². The molecule has 0 aromatic heterocycles. The van der Waals surface area contributed by atoms with E-state index in [0.717, 1.165) is 5.69 Å². The third-order valence-electron chi connectivity index (χ3n) is 3.64. The average molecular weight is 289 g/mol. The van der Waals surface area contributed by atoms with Crippen LogP contribution in [0, 0.1) is 11.6 Å². The minimum Gasteiger partial charge on any atom is -0.465 e. The van der Waals surface area contributed by atoms with Crippen molar-refractivity contribution < 1.29 is 18.3 Å². The molecule has 1 heterocycles. The Kier molecular flexibility index (Phi) is 3.33. The maximum atomic E-state index is 14.4. The summed E-state index contributed by atoms with van der Waals surface area (Å²) in [4.78, 5) is 13.4. The van der Waals surface area contributed by atoms with Crippen LogP contribution in [-0.2, 0) is 11.2 Å². The predicted molar refractivity (Wildman–Crippen MR) is 74.8 cm³/mol. The Morgan fingerprint density at radius 3 is 2.52 bits per heavy atom. The monoisotopic (exact) mass is 289 g/mol. The number of anilines is 2. The highest BCUT2D eigenvalue weighted by Crippen LogP contribution is 2.37. The second kappa shape index (κ2) is 5.16. The van der Waals surface area contributed by atoms with Crippen molar-refractivity contribution in [3.8, 4) is 0 Å². The third kappa shape index (κ3) is 2.24. The molecule has 21 heavy (non-hydrogen) atoms. The molecule has 2 aromatic rings. The van der Waals surface area contributed by atoms with E-state index >= 15 is 0 Å². The first-order valence-electron chi connectivity index (χ1n) is 6.54. The van der Waals surface area contributed by atoms with Crippen molar-refractivity contribution in [2.24, 2.45) is 0 Å². The average Bonchev–Trinajstić information content (AvgIpc) is 2.92. The number of rotatable bonds is 2. The van der Waals surface area contributed by atoms with E-state index in [-0.39, 0.29) is 11.4 Å². The standard InChI is InChI=1S/C16H13F2NO2/c1-21-16(20)13-6-7-14-12(15(13)18)8-9-19(14)11-4-2-10(17)3-5-11/h2-7H,8-9H2,1H3. The van der Waals surface area contributed by atoms with Crippen LogP contribution in [0.25, 0.3) is 0 Å². The number of benzene rings is 2. The minimum atomic E-state index is -0.685. The van der Waals surface area contributed by atoms with E-state index in [1.165, 1.54) is 25.3 Å². The van der Waals surface area contributed by atoms with Gasteiger partial charge in [-0.25, -0.2) is 13.6 Å². The number of hydrogen-bond donors (Lipinski definition) is 0. The maximum Gasteiger partial charge on any atom is 0.340 e.